The molecular weight excluding hydrogens is 338 g/mol. The summed E-state index contributed by atoms with van der Waals surface area (Å²) in [4.78, 5) is 22.1. The number of amides is 1. The van der Waals surface area contributed by atoms with Gasteiger partial charge in [-0.1, -0.05) is 117 Å². The van der Waals surface area contributed by atoms with E-state index in [0.29, 0.717) is 0 Å². The summed E-state index contributed by atoms with van der Waals surface area (Å²) < 4.78 is 0. The maximum Gasteiger partial charge on any atom is 0.322 e. The van der Waals surface area contributed by atoms with E-state index in [2.05, 4.69) is 12.2 Å². The van der Waals surface area contributed by atoms with E-state index in [-0.39, 0.29) is 18.4 Å². The Morgan fingerprint density at radius 1 is 0.704 bits per heavy atom. The number of unbranched alkanes of at least 4 members (excludes halogenated alkanes) is 15. The van der Waals surface area contributed by atoms with Gasteiger partial charge in [-0.2, -0.15) is 0 Å². The number of carbonyl (C=O) groups excluding carboxylic acids is 1. The minimum Gasteiger partial charge on any atom is -0.480 e. The van der Waals surface area contributed by atoms with E-state index < -0.39 is 5.97 Å². The van der Waals surface area contributed by atoms with Crippen LogP contribution < -0.4 is 5.32 Å². The number of nitrogens with one attached hydrogen (secondary N) is 1. The van der Waals surface area contributed by atoms with E-state index >= 15 is 0 Å². The predicted octanol–water partition coefficient (Wildman–Crippen LogP) is 6.47. The number of rotatable bonds is 20. The molecule has 1 amide bonds. The van der Waals surface area contributed by atoms with Crippen LogP contribution in [-0.4, -0.2) is 23.5 Å². The highest BCUT2D eigenvalue weighted by Gasteiger charge is 2.12. The minimum absolute atomic E-state index is 0.0870. The summed E-state index contributed by atoms with van der Waals surface area (Å²) >= 11 is 0. The fraction of sp³-hybridized carbons (Fsp3) is 0.913. The van der Waals surface area contributed by atoms with Crippen LogP contribution in [0.25, 0.3) is 0 Å². The molecule has 27 heavy (non-hydrogen) atoms. The second kappa shape index (κ2) is 19.7. The first-order valence-electron chi connectivity index (χ1n) is 11.6. The van der Waals surface area contributed by atoms with Gasteiger partial charge in [0, 0.05) is 5.92 Å². The average Bonchev–Trinajstić information content (AvgIpc) is 2.65. The van der Waals surface area contributed by atoms with Crippen LogP contribution in [0.1, 0.15) is 123 Å². The molecular formula is C23H45NO3. The van der Waals surface area contributed by atoms with Crippen LogP contribution in [0, 0.1) is 5.92 Å². The van der Waals surface area contributed by atoms with Crippen molar-refractivity contribution >= 4 is 11.9 Å². The summed E-state index contributed by atoms with van der Waals surface area (Å²) in [7, 11) is 0. The van der Waals surface area contributed by atoms with Crippen LogP contribution in [-0.2, 0) is 9.59 Å². The van der Waals surface area contributed by atoms with Crippen LogP contribution in [0.2, 0.25) is 0 Å². The van der Waals surface area contributed by atoms with E-state index in [1.54, 1.807) is 0 Å². The Labute approximate surface area is 167 Å². The molecule has 0 fully saturated rings. The molecule has 4 heteroatoms. The Morgan fingerprint density at radius 2 is 1.07 bits per heavy atom. The van der Waals surface area contributed by atoms with Crippen molar-refractivity contribution in [1.82, 2.24) is 5.32 Å². The summed E-state index contributed by atoms with van der Waals surface area (Å²) in [5.74, 6) is -1.22. The Bertz CT molecular complexity index is 358. The van der Waals surface area contributed by atoms with Crippen molar-refractivity contribution in [3.8, 4) is 0 Å². The maximum atomic E-state index is 11.7. The topological polar surface area (TPSA) is 66.4 Å². The van der Waals surface area contributed by atoms with Gasteiger partial charge < -0.3 is 10.4 Å². The number of carboxylic acids is 1. The molecule has 1 unspecified atom stereocenters. The van der Waals surface area contributed by atoms with Crippen LogP contribution in [0.5, 0.6) is 0 Å². The Morgan fingerprint density at radius 3 is 1.44 bits per heavy atom. The molecule has 0 aromatic carbocycles. The third-order valence-electron chi connectivity index (χ3n) is 5.35. The van der Waals surface area contributed by atoms with E-state index in [1.165, 1.54) is 96.3 Å². The monoisotopic (exact) mass is 383 g/mol. The zero-order chi connectivity index (χ0) is 20.2. The third-order valence-corrected chi connectivity index (χ3v) is 5.35. The fourth-order valence-electron chi connectivity index (χ4n) is 3.47. The molecule has 0 saturated carbocycles. The standard InChI is InChI=1S/C23H45NO3/c1-3-4-5-6-7-8-9-10-11-12-13-14-15-16-17-18-19-21(2)23(27)24-20-22(25)26/h21H,3-20H2,1-2H3,(H,24,27)(H,25,26). The molecule has 0 radical (unpaired) electrons. The average molecular weight is 384 g/mol. The van der Waals surface area contributed by atoms with Gasteiger partial charge >= 0.3 is 5.97 Å². The highest BCUT2D eigenvalue weighted by molar-refractivity contribution is 5.82. The SMILES string of the molecule is CCCCCCCCCCCCCCCCCCC(C)C(=O)NCC(=O)O. The highest BCUT2D eigenvalue weighted by Crippen LogP contribution is 2.15. The molecule has 2 N–H and O–H groups in total. The van der Waals surface area contributed by atoms with Crippen molar-refractivity contribution in [3.63, 3.8) is 0 Å². The number of aliphatic carboxylic acids is 1. The van der Waals surface area contributed by atoms with E-state index in [4.69, 9.17) is 5.11 Å². The Kier molecular flexibility index (Phi) is 18.9. The van der Waals surface area contributed by atoms with E-state index in [1.807, 2.05) is 6.92 Å². The summed E-state index contributed by atoms with van der Waals surface area (Å²) in [6.07, 6.45) is 22.4. The largest absolute Gasteiger partial charge is 0.480 e. The zero-order valence-corrected chi connectivity index (χ0v) is 18.1. The van der Waals surface area contributed by atoms with E-state index in [9.17, 15) is 9.59 Å². The second-order valence-electron chi connectivity index (χ2n) is 8.10. The molecule has 4 nitrogen and oxygen atoms in total. The Balaban J connectivity index is 3.22. The number of carbonyl (C=O) groups is 2. The van der Waals surface area contributed by atoms with Gasteiger partial charge in [0.1, 0.15) is 6.54 Å². The smallest absolute Gasteiger partial charge is 0.322 e. The predicted molar refractivity (Wildman–Crippen MR) is 114 cm³/mol. The molecule has 0 saturated heterocycles. The van der Waals surface area contributed by atoms with Crippen LogP contribution in [0.4, 0.5) is 0 Å². The summed E-state index contributed by atoms with van der Waals surface area (Å²) in [5, 5.41) is 11.0. The molecule has 0 rings (SSSR count). The quantitative estimate of drug-likeness (QED) is 0.237. The summed E-state index contributed by atoms with van der Waals surface area (Å²) in [5.41, 5.74) is 0. The molecule has 0 aliphatic carbocycles. The van der Waals surface area contributed by atoms with E-state index in [0.717, 1.165) is 12.8 Å². The molecule has 0 aromatic heterocycles. The molecule has 0 aliphatic heterocycles. The maximum absolute atomic E-state index is 11.7. The molecule has 160 valence electrons. The lowest BCUT2D eigenvalue weighted by molar-refractivity contribution is -0.138. The van der Waals surface area contributed by atoms with Crippen LogP contribution in [0.3, 0.4) is 0 Å². The number of carboxylic acid groups (broad SMARTS) is 1. The third kappa shape index (κ3) is 19.5. The van der Waals surface area contributed by atoms with Crippen LogP contribution >= 0.6 is 0 Å². The van der Waals surface area contributed by atoms with Gasteiger partial charge in [0.2, 0.25) is 5.91 Å². The van der Waals surface area contributed by atoms with Crippen molar-refractivity contribution in [2.45, 2.75) is 123 Å². The van der Waals surface area contributed by atoms with Gasteiger partial charge in [-0.25, -0.2) is 0 Å². The zero-order valence-electron chi connectivity index (χ0n) is 18.1. The lowest BCUT2D eigenvalue weighted by Crippen LogP contribution is -2.33. The normalized spacial score (nSPS) is 12.1. The van der Waals surface area contributed by atoms with Gasteiger partial charge in [0.25, 0.3) is 0 Å². The van der Waals surface area contributed by atoms with Crippen molar-refractivity contribution in [2.75, 3.05) is 6.54 Å². The molecule has 1 atom stereocenters. The fourth-order valence-corrected chi connectivity index (χ4v) is 3.47. The van der Waals surface area contributed by atoms with Gasteiger partial charge in [-0.05, 0) is 6.42 Å². The molecule has 0 bridgehead atoms. The first-order chi connectivity index (χ1) is 13.1. The van der Waals surface area contributed by atoms with Crippen molar-refractivity contribution in [1.29, 1.82) is 0 Å². The number of hydrogen-bond donors (Lipinski definition) is 2. The first-order valence-corrected chi connectivity index (χ1v) is 11.6. The number of hydrogen-bond acceptors (Lipinski definition) is 2. The highest BCUT2D eigenvalue weighted by atomic mass is 16.4. The molecule has 0 spiro atoms. The summed E-state index contributed by atoms with van der Waals surface area (Å²) in [6.45, 7) is 3.87. The van der Waals surface area contributed by atoms with Gasteiger partial charge in [-0.15, -0.1) is 0 Å². The van der Waals surface area contributed by atoms with Gasteiger partial charge in [-0.3, -0.25) is 9.59 Å². The molecule has 0 aromatic rings. The molecule has 0 heterocycles. The van der Waals surface area contributed by atoms with Crippen molar-refractivity contribution < 1.29 is 14.7 Å². The van der Waals surface area contributed by atoms with Crippen LogP contribution in [0.15, 0.2) is 0 Å². The van der Waals surface area contributed by atoms with Gasteiger partial charge in [0.05, 0.1) is 0 Å². The first kappa shape index (κ1) is 25.9. The lowest BCUT2D eigenvalue weighted by atomic mass is 10.0. The summed E-state index contributed by atoms with van der Waals surface area (Å²) in [6, 6.07) is 0. The van der Waals surface area contributed by atoms with Crippen molar-refractivity contribution in [3.05, 3.63) is 0 Å². The van der Waals surface area contributed by atoms with Gasteiger partial charge in [0.15, 0.2) is 0 Å². The lowest BCUT2D eigenvalue weighted by Gasteiger charge is -2.10. The molecule has 0 aliphatic rings. The minimum atomic E-state index is -0.988. The van der Waals surface area contributed by atoms with Crippen molar-refractivity contribution in [2.24, 2.45) is 5.92 Å². The Hall–Kier alpha value is -1.06. The second-order valence-corrected chi connectivity index (χ2v) is 8.10.